The first kappa shape index (κ1) is 32.7. The number of methoxy groups -OCH3 is 1. The molecular formula is C40H36O7. The molecule has 0 saturated carbocycles. The van der Waals surface area contributed by atoms with Crippen molar-refractivity contribution in [1.29, 1.82) is 0 Å². The van der Waals surface area contributed by atoms with Crippen LogP contribution in [0.4, 0.5) is 0 Å². The third kappa shape index (κ3) is 7.25. The molecular weight excluding hydrogens is 592 g/mol. The molecule has 0 aliphatic carbocycles. The van der Waals surface area contributed by atoms with Crippen molar-refractivity contribution < 1.29 is 33.3 Å². The third-order valence-electron chi connectivity index (χ3n) is 8.21. The summed E-state index contributed by atoms with van der Waals surface area (Å²) in [6, 6.07) is 34.2. The molecule has 0 fully saturated rings. The molecule has 0 aliphatic heterocycles. The largest absolute Gasteiger partial charge is 0.489 e. The molecule has 5 rings (SSSR count). The standard InChI is InChI=1S/C40H36O7/c1-26-20-32(40(43)44-4)21-27(2)37(26)33-16-11-17-36(28(33)3)45-23-29-18-19-34(38(46-24-41)30-12-7-5-8-13-30)35(22-29)39(47-25-42)31-14-9-6-10-15-31/h5-22,24-25,38-39H,23H2,1-4H3. The van der Waals surface area contributed by atoms with Gasteiger partial charge in [-0.1, -0.05) is 84.9 Å². The Morgan fingerprint density at radius 3 is 1.81 bits per heavy atom. The minimum absolute atomic E-state index is 0.226. The maximum atomic E-state index is 12.2. The summed E-state index contributed by atoms with van der Waals surface area (Å²) in [5, 5.41) is 0. The topological polar surface area (TPSA) is 88.1 Å². The Bertz CT molecular complexity index is 1840. The summed E-state index contributed by atoms with van der Waals surface area (Å²) in [4.78, 5) is 35.6. The van der Waals surface area contributed by atoms with Crippen molar-refractivity contribution in [2.45, 2.75) is 39.6 Å². The average Bonchev–Trinajstić information content (AvgIpc) is 3.10. The lowest BCUT2D eigenvalue weighted by Gasteiger charge is -2.25. The summed E-state index contributed by atoms with van der Waals surface area (Å²) in [6.07, 6.45) is -1.48. The molecule has 47 heavy (non-hydrogen) atoms. The second kappa shape index (κ2) is 15.1. The summed E-state index contributed by atoms with van der Waals surface area (Å²) < 4.78 is 22.6. The van der Waals surface area contributed by atoms with E-state index in [1.54, 1.807) is 0 Å². The Morgan fingerprint density at radius 2 is 1.26 bits per heavy atom. The van der Waals surface area contributed by atoms with Crippen LogP contribution in [-0.2, 0) is 30.4 Å². The molecule has 0 radical (unpaired) electrons. The number of aryl methyl sites for hydroxylation is 2. The average molecular weight is 629 g/mol. The monoisotopic (exact) mass is 628 g/mol. The second-order valence-corrected chi connectivity index (χ2v) is 11.2. The highest BCUT2D eigenvalue weighted by Gasteiger charge is 2.26. The Morgan fingerprint density at radius 1 is 0.681 bits per heavy atom. The SMILES string of the molecule is COC(=O)c1cc(C)c(-c2cccc(OCc3ccc(C(OC=O)c4ccccc4)c(C(OC=O)c4ccccc4)c3)c2C)c(C)c1. The highest BCUT2D eigenvalue weighted by atomic mass is 16.5. The molecule has 7 nitrogen and oxygen atoms in total. The Kier molecular flexibility index (Phi) is 10.5. The maximum Gasteiger partial charge on any atom is 0.337 e. The van der Waals surface area contributed by atoms with E-state index in [0.717, 1.165) is 44.5 Å². The van der Waals surface area contributed by atoms with Crippen molar-refractivity contribution in [3.63, 3.8) is 0 Å². The van der Waals surface area contributed by atoms with Crippen LogP contribution in [0.5, 0.6) is 5.75 Å². The zero-order valence-electron chi connectivity index (χ0n) is 26.8. The molecule has 238 valence electrons. The van der Waals surface area contributed by atoms with Crippen LogP contribution in [0, 0.1) is 20.8 Å². The third-order valence-corrected chi connectivity index (χ3v) is 8.21. The van der Waals surface area contributed by atoms with Gasteiger partial charge in [-0.2, -0.15) is 0 Å². The Labute approximate surface area is 274 Å². The summed E-state index contributed by atoms with van der Waals surface area (Å²) in [5.41, 5.74) is 9.15. The number of hydrogen-bond acceptors (Lipinski definition) is 7. The number of rotatable bonds is 13. The molecule has 2 atom stereocenters. The van der Waals surface area contributed by atoms with E-state index in [9.17, 15) is 14.4 Å². The minimum atomic E-state index is -0.755. The number of hydrogen-bond donors (Lipinski definition) is 0. The molecule has 5 aromatic carbocycles. The molecule has 0 heterocycles. The van der Waals surface area contributed by atoms with Crippen LogP contribution in [0.25, 0.3) is 11.1 Å². The van der Waals surface area contributed by atoms with E-state index in [2.05, 4.69) is 0 Å². The van der Waals surface area contributed by atoms with E-state index >= 15 is 0 Å². The molecule has 0 spiro atoms. The quantitative estimate of drug-likeness (QED) is 0.0738. The molecule has 0 saturated heterocycles. The number of carbonyl (C=O) groups excluding carboxylic acids is 3. The predicted molar refractivity (Wildman–Crippen MR) is 179 cm³/mol. The van der Waals surface area contributed by atoms with E-state index in [1.807, 2.05) is 130 Å². The van der Waals surface area contributed by atoms with E-state index in [4.69, 9.17) is 18.9 Å². The predicted octanol–water partition coefficient (Wildman–Crippen LogP) is 8.17. The zero-order chi connectivity index (χ0) is 33.3. The minimum Gasteiger partial charge on any atom is -0.489 e. The Hall–Kier alpha value is -5.69. The van der Waals surface area contributed by atoms with E-state index in [0.29, 0.717) is 35.4 Å². The van der Waals surface area contributed by atoms with E-state index in [-0.39, 0.29) is 12.6 Å². The van der Waals surface area contributed by atoms with Crippen LogP contribution in [-0.4, -0.2) is 26.0 Å². The van der Waals surface area contributed by atoms with Crippen molar-refractivity contribution >= 4 is 18.9 Å². The lowest BCUT2D eigenvalue weighted by atomic mass is 9.89. The van der Waals surface area contributed by atoms with Crippen molar-refractivity contribution in [2.24, 2.45) is 0 Å². The molecule has 0 aliphatic rings. The fraction of sp³-hybridized carbons (Fsp3) is 0.175. The summed E-state index contributed by atoms with van der Waals surface area (Å²) >= 11 is 0. The van der Waals surface area contributed by atoms with Crippen molar-refractivity contribution in [1.82, 2.24) is 0 Å². The van der Waals surface area contributed by atoms with Crippen LogP contribution in [0.2, 0.25) is 0 Å². The smallest absolute Gasteiger partial charge is 0.337 e. The van der Waals surface area contributed by atoms with Crippen LogP contribution < -0.4 is 4.74 Å². The molecule has 0 bridgehead atoms. The summed E-state index contributed by atoms with van der Waals surface area (Å²) in [6.45, 7) is 7.05. The van der Waals surface area contributed by atoms with Gasteiger partial charge in [0.1, 0.15) is 12.4 Å². The van der Waals surface area contributed by atoms with Crippen molar-refractivity contribution in [3.05, 3.63) is 159 Å². The van der Waals surface area contributed by atoms with Gasteiger partial charge in [-0.05, 0) is 89.5 Å². The number of esters is 1. The molecule has 5 aromatic rings. The highest BCUT2D eigenvalue weighted by Crippen LogP contribution is 2.38. The summed E-state index contributed by atoms with van der Waals surface area (Å²) in [7, 11) is 1.38. The number of benzene rings is 5. The van der Waals surface area contributed by atoms with E-state index < -0.39 is 12.2 Å². The second-order valence-electron chi connectivity index (χ2n) is 11.2. The van der Waals surface area contributed by atoms with Gasteiger partial charge >= 0.3 is 5.97 Å². The van der Waals surface area contributed by atoms with Crippen LogP contribution in [0.1, 0.15) is 67.1 Å². The van der Waals surface area contributed by atoms with Gasteiger partial charge in [-0.3, -0.25) is 9.59 Å². The molecule has 0 N–H and O–H groups in total. The fourth-order valence-electron chi connectivity index (χ4n) is 6.04. The van der Waals surface area contributed by atoms with Crippen molar-refractivity contribution in [3.8, 4) is 16.9 Å². The van der Waals surface area contributed by atoms with Gasteiger partial charge in [0, 0.05) is 11.1 Å². The fourth-order valence-corrected chi connectivity index (χ4v) is 6.04. The maximum absolute atomic E-state index is 12.2. The van der Waals surface area contributed by atoms with Crippen LogP contribution >= 0.6 is 0 Å². The first-order valence-electron chi connectivity index (χ1n) is 15.2. The first-order chi connectivity index (χ1) is 22.9. The van der Waals surface area contributed by atoms with Crippen LogP contribution in [0.3, 0.4) is 0 Å². The first-order valence-corrected chi connectivity index (χ1v) is 15.2. The van der Waals surface area contributed by atoms with Crippen molar-refractivity contribution in [2.75, 3.05) is 7.11 Å². The van der Waals surface area contributed by atoms with Crippen LogP contribution in [0.15, 0.2) is 109 Å². The highest BCUT2D eigenvalue weighted by molar-refractivity contribution is 5.91. The van der Waals surface area contributed by atoms with Gasteiger partial charge in [0.05, 0.1) is 12.7 Å². The number of carbonyl (C=O) groups is 3. The Balaban J connectivity index is 1.52. The molecule has 2 unspecified atom stereocenters. The van der Waals surface area contributed by atoms with Gasteiger partial charge in [-0.25, -0.2) is 4.79 Å². The summed E-state index contributed by atoms with van der Waals surface area (Å²) in [5.74, 6) is 0.335. The normalized spacial score (nSPS) is 12.0. The lowest BCUT2D eigenvalue weighted by Crippen LogP contribution is -2.14. The zero-order valence-corrected chi connectivity index (χ0v) is 26.8. The van der Waals surface area contributed by atoms with Gasteiger partial charge in [0.15, 0.2) is 12.2 Å². The molecule has 0 amide bonds. The van der Waals surface area contributed by atoms with E-state index in [1.165, 1.54) is 7.11 Å². The van der Waals surface area contributed by atoms with Gasteiger partial charge in [0.2, 0.25) is 0 Å². The van der Waals surface area contributed by atoms with Gasteiger partial charge in [0.25, 0.3) is 12.9 Å². The van der Waals surface area contributed by atoms with Gasteiger partial charge < -0.3 is 18.9 Å². The van der Waals surface area contributed by atoms with Gasteiger partial charge in [-0.15, -0.1) is 0 Å². The molecule has 0 aromatic heterocycles. The lowest BCUT2D eigenvalue weighted by molar-refractivity contribution is -0.134. The molecule has 7 heteroatoms. The number of ether oxygens (including phenoxy) is 4.